The third kappa shape index (κ3) is 6.41. The summed E-state index contributed by atoms with van der Waals surface area (Å²) in [6.45, 7) is 9.11. The molecule has 0 aliphatic heterocycles. The number of oxazole rings is 1. The van der Waals surface area contributed by atoms with Crippen molar-refractivity contribution in [2.45, 2.75) is 65.6 Å². The van der Waals surface area contributed by atoms with Gasteiger partial charge in [-0.05, 0) is 57.6 Å². The van der Waals surface area contributed by atoms with Gasteiger partial charge in [-0.15, -0.1) is 0 Å². The van der Waals surface area contributed by atoms with Crippen LogP contribution in [0.25, 0.3) is 22.8 Å². The molecule has 1 aromatic carbocycles. The van der Waals surface area contributed by atoms with Gasteiger partial charge in [0.05, 0.1) is 12.3 Å². The van der Waals surface area contributed by atoms with Crippen LogP contribution in [0.1, 0.15) is 68.6 Å². The van der Waals surface area contributed by atoms with Gasteiger partial charge in [0.1, 0.15) is 6.04 Å². The van der Waals surface area contributed by atoms with Crippen molar-refractivity contribution in [2.75, 3.05) is 0 Å². The zero-order chi connectivity index (χ0) is 26.7. The molecule has 2 amide bonds. The number of hydrogen-bond acceptors (Lipinski definition) is 8. The molecule has 4 rings (SSSR count). The summed E-state index contributed by atoms with van der Waals surface area (Å²) in [6.07, 6.45) is 3.26. The van der Waals surface area contributed by atoms with E-state index < -0.39 is 17.9 Å². The van der Waals surface area contributed by atoms with Gasteiger partial charge in [-0.25, -0.2) is 14.8 Å². The largest absolute Gasteiger partial charge is 0.461 e. The Hall–Kier alpha value is -4.02. The van der Waals surface area contributed by atoms with E-state index in [0.717, 1.165) is 12.8 Å². The molecular formula is C26H32N6O5. The van der Waals surface area contributed by atoms with Crippen LogP contribution in [0.5, 0.6) is 0 Å². The second-order valence-electron chi connectivity index (χ2n) is 9.90. The molecule has 11 nitrogen and oxygen atoms in total. The fourth-order valence-corrected chi connectivity index (χ4v) is 3.80. The summed E-state index contributed by atoms with van der Waals surface area (Å²) in [6, 6.07) is 6.36. The lowest BCUT2D eigenvalue weighted by Gasteiger charge is -2.21. The average molecular weight is 509 g/mol. The number of aromatic nitrogens is 4. The highest BCUT2D eigenvalue weighted by molar-refractivity contribution is 5.94. The molecule has 2 heterocycles. The van der Waals surface area contributed by atoms with Gasteiger partial charge in [-0.1, -0.05) is 26.0 Å². The smallest absolute Gasteiger partial charge is 0.329 e. The van der Waals surface area contributed by atoms with Crippen molar-refractivity contribution in [3.8, 4) is 22.8 Å². The SMILES string of the molecule is CC(C)OC(=O)C(NC(=O)c1cnc(-c2cccc(-c3n[nH]c(C(=O)N[C@@H](C)C4CC4)n3)c2)o1)C(C)C. The molecule has 1 fully saturated rings. The van der Waals surface area contributed by atoms with Crippen LogP contribution in [0.15, 0.2) is 34.9 Å². The van der Waals surface area contributed by atoms with Crippen LogP contribution in [-0.2, 0) is 9.53 Å². The Balaban J connectivity index is 1.45. The Morgan fingerprint density at radius 3 is 2.46 bits per heavy atom. The molecule has 37 heavy (non-hydrogen) atoms. The van der Waals surface area contributed by atoms with E-state index in [9.17, 15) is 14.4 Å². The van der Waals surface area contributed by atoms with Crippen molar-refractivity contribution in [2.24, 2.45) is 11.8 Å². The number of carbonyl (C=O) groups is 3. The number of carbonyl (C=O) groups excluding carboxylic acids is 3. The third-order valence-electron chi connectivity index (χ3n) is 6.04. The number of nitrogens with one attached hydrogen (secondary N) is 3. The van der Waals surface area contributed by atoms with Crippen molar-refractivity contribution >= 4 is 17.8 Å². The first-order valence-electron chi connectivity index (χ1n) is 12.4. The van der Waals surface area contributed by atoms with Crippen LogP contribution in [-0.4, -0.2) is 56.1 Å². The standard InChI is InChI=1S/C26H32N6O5/c1-13(2)20(26(35)36-14(3)4)29-23(33)19-12-27-25(37-19)18-8-6-7-17(11-18)21-30-22(32-31-21)24(34)28-15(5)16-9-10-16/h6-8,11-16,20H,9-10H2,1-5H3,(H,28,34)(H,29,33)(H,30,31,32)/t15-,20?/m0/s1. The molecule has 2 aromatic heterocycles. The lowest BCUT2D eigenvalue weighted by atomic mass is 10.0. The Kier molecular flexibility index (Phi) is 7.70. The van der Waals surface area contributed by atoms with Gasteiger partial charge in [0, 0.05) is 17.2 Å². The van der Waals surface area contributed by atoms with E-state index in [4.69, 9.17) is 9.15 Å². The van der Waals surface area contributed by atoms with E-state index in [-0.39, 0.29) is 41.4 Å². The second kappa shape index (κ2) is 10.9. The summed E-state index contributed by atoms with van der Waals surface area (Å²) >= 11 is 0. The van der Waals surface area contributed by atoms with E-state index in [1.807, 2.05) is 20.8 Å². The van der Waals surface area contributed by atoms with Gasteiger partial charge in [-0.2, -0.15) is 5.10 Å². The third-order valence-corrected chi connectivity index (χ3v) is 6.04. The zero-order valence-corrected chi connectivity index (χ0v) is 21.6. The maximum atomic E-state index is 12.8. The van der Waals surface area contributed by atoms with Gasteiger partial charge >= 0.3 is 5.97 Å². The number of benzene rings is 1. The summed E-state index contributed by atoms with van der Waals surface area (Å²) < 4.78 is 10.9. The van der Waals surface area contributed by atoms with Crippen molar-refractivity contribution in [1.29, 1.82) is 0 Å². The summed E-state index contributed by atoms with van der Waals surface area (Å²) in [4.78, 5) is 46.1. The number of hydrogen-bond donors (Lipinski definition) is 3. The molecule has 0 radical (unpaired) electrons. The summed E-state index contributed by atoms with van der Waals surface area (Å²) in [5.41, 5.74) is 1.23. The van der Waals surface area contributed by atoms with Crippen molar-refractivity contribution in [3.63, 3.8) is 0 Å². The fraction of sp³-hybridized carbons (Fsp3) is 0.462. The first-order chi connectivity index (χ1) is 17.6. The molecular weight excluding hydrogens is 476 g/mol. The monoisotopic (exact) mass is 508 g/mol. The fourth-order valence-electron chi connectivity index (χ4n) is 3.80. The van der Waals surface area contributed by atoms with Crippen molar-refractivity contribution in [3.05, 3.63) is 42.0 Å². The molecule has 2 atom stereocenters. The Morgan fingerprint density at radius 2 is 1.78 bits per heavy atom. The number of esters is 1. The minimum Gasteiger partial charge on any atom is -0.461 e. The number of ether oxygens (including phenoxy) is 1. The maximum absolute atomic E-state index is 12.8. The molecule has 1 saturated carbocycles. The first kappa shape index (κ1) is 26.1. The number of aromatic amines is 1. The Bertz CT molecular complexity index is 1280. The predicted molar refractivity (Wildman–Crippen MR) is 134 cm³/mol. The average Bonchev–Trinajstić information content (AvgIpc) is 3.37. The quantitative estimate of drug-likeness (QED) is 0.353. The second-order valence-corrected chi connectivity index (χ2v) is 9.90. The normalized spacial score (nSPS) is 14.9. The van der Waals surface area contributed by atoms with Crippen LogP contribution in [0.3, 0.4) is 0 Å². The van der Waals surface area contributed by atoms with Crippen LogP contribution in [0.2, 0.25) is 0 Å². The molecule has 3 N–H and O–H groups in total. The number of nitrogens with zero attached hydrogens (tertiary/aromatic N) is 3. The highest BCUT2D eigenvalue weighted by Gasteiger charge is 2.30. The lowest BCUT2D eigenvalue weighted by molar-refractivity contribution is -0.150. The number of amides is 2. The molecule has 1 aliphatic carbocycles. The number of H-pyrrole nitrogens is 1. The molecule has 0 saturated heterocycles. The van der Waals surface area contributed by atoms with Crippen LogP contribution < -0.4 is 10.6 Å². The molecule has 3 aromatic rings. The molecule has 0 spiro atoms. The molecule has 196 valence electrons. The van der Waals surface area contributed by atoms with E-state index in [0.29, 0.717) is 22.9 Å². The van der Waals surface area contributed by atoms with E-state index in [1.165, 1.54) is 6.20 Å². The molecule has 0 bridgehead atoms. The van der Waals surface area contributed by atoms with Crippen LogP contribution >= 0.6 is 0 Å². The van der Waals surface area contributed by atoms with Crippen LogP contribution in [0.4, 0.5) is 0 Å². The van der Waals surface area contributed by atoms with Gasteiger partial charge < -0.3 is 19.8 Å². The summed E-state index contributed by atoms with van der Waals surface area (Å²) in [5.74, 6) is -0.367. The highest BCUT2D eigenvalue weighted by Crippen LogP contribution is 2.32. The van der Waals surface area contributed by atoms with Gasteiger partial charge in [0.2, 0.25) is 17.5 Å². The topological polar surface area (TPSA) is 152 Å². The van der Waals surface area contributed by atoms with Crippen LogP contribution in [0, 0.1) is 11.8 Å². The summed E-state index contributed by atoms with van der Waals surface area (Å²) in [5, 5.41) is 12.5. The van der Waals surface area contributed by atoms with Crippen molar-refractivity contribution in [1.82, 2.24) is 30.8 Å². The van der Waals surface area contributed by atoms with Gasteiger partial charge in [0.25, 0.3) is 11.8 Å². The minimum absolute atomic E-state index is 0.0370. The van der Waals surface area contributed by atoms with E-state index in [2.05, 4.69) is 30.8 Å². The van der Waals surface area contributed by atoms with E-state index in [1.54, 1.807) is 38.1 Å². The number of rotatable bonds is 10. The molecule has 11 heteroatoms. The van der Waals surface area contributed by atoms with E-state index >= 15 is 0 Å². The van der Waals surface area contributed by atoms with Gasteiger partial charge in [0.15, 0.2) is 5.82 Å². The Labute approximate surface area is 214 Å². The maximum Gasteiger partial charge on any atom is 0.329 e. The van der Waals surface area contributed by atoms with Crippen molar-refractivity contribution < 1.29 is 23.5 Å². The zero-order valence-electron chi connectivity index (χ0n) is 21.6. The summed E-state index contributed by atoms with van der Waals surface area (Å²) in [7, 11) is 0. The molecule has 1 unspecified atom stereocenters. The first-order valence-corrected chi connectivity index (χ1v) is 12.4. The predicted octanol–water partition coefficient (Wildman–Crippen LogP) is 3.36. The lowest BCUT2D eigenvalue weighted by Crippen LogP contribution is -2.45. The minimum atomic E-state index is -0.823. The van der Waals surface area contributed by atoms with Gasteiger partial charge in [-0.3, -0.25) is 14.7 Å². The molecule has 1 aliphatic rings. The highest BCUT2D eigenvalue weighted by atomic mass is 16.5. The Morgan fingerprint density at radius 1 is 1.05 bits per heavy atom.